The molecule has 0 bridgehead atoms. The molecular formula is C31H37FN6O5. The monoisotopic (exact) mass is 592 g/mol. The standard InChI is InChI=1S/C31H37FN6O5/c1-31(2,3)43-28(40)25(37-30(41)42-20-21-9-5-4-6-10-21)18-35-27(39)22-12-13-26(24(32)17-22)38-16-7-11-23(19-38)36-29-33-14-8-15-34-29/h4-6,8-10,12-15,17,23,25H,7,11,16,18-20H2,1-3H3,(H,35,39)(H,37,41)(H,33,34,36). The number of hydrogen-bond acceptors (Lipinski definition) is 9. The first-order chi connectivity index (χ1) is 20.6. The fraction of sp³-hybridized carbons (Fsp3) is 0.387. The molecule has 43 heavy (non-hydrogen) atoms. The number of ether oxygens (including phenoxy) is 2. The highest BCUT2D eigenvalue weighted by Crippen LogP contribution is 2.25. The van der Waals surface area contributed by atoms with Crippen LogP contribution in [0.3, 0.4) is 0 Å². The second-order valence-electron chi connectivity index (χ2n) is 11.2. The first-order valence-electron chi connectivity index (χ1n) is 14.1. The van der Waals surface area contributed by atoms with Gasteiger partial charge in [-0.05, 0) is 63.4 Å². The number of hydrogen-bond donors (Lipinski definition) is 3. The lowest BCUT2D eigenvalue weighted by molar-refractivity contribution is -0.157. The van der Waals surface area contributed by atoms with Crippen LogP contribution in [0.5, 0.6) is 0 Å². The van der Waals surface area contributed by atoms with Gasteiger partial charge in [-0.1, -0.05) is 30.3 Å². The Labute approximate surface area is 250 Å². The van der Waals surface area contributed by atoms with Crippen LogP contribution >= 0.6 is 0 Å². The van der Waals surface area contributed by atoms with E-state index in [1.807, 2.05) is 23.1 Å². The molecule has 1 saturated heterocycles. The highest BCUT2D eigenvalue weighted by Gasteiger charge is 2.28. The minimum atomic E-state index is -1.23. The normalized spacial score (nSPS) is 15.6. The summed E-state index contributed by atoms with van der Waals surface area (Å²) in [5.41, 5.74) is 0.392. The van der Waals surface area contributed by atoms with Crippen molar-refractivity contribution in [2.24, 2.45) is 0 Å². The van der Waals surface area contributed by atoms with Crippen molar-refractivity contribution < 1.29 is 28.2 Å². The molecular weight excluding hydrogens is 555 g/mol. The summed E-state index contributed by atoms with van der Waals surface area (Å²) in [4.78, 5) is 48.5. The molecule has 2 amide bonds. The van der Waals surface area contributed by atoms with Crippen LogP contribution in [0.1, 0.15) is 49.5 Å². The van der Waals surface area contributed by atoms with E-state index in [0.29, 0.717) is 24.7 Å². The molecule has 228 valence electrons. The minimum absolute atomic E-state index is 0.000440. The molecule has 0 saturated carbocycles. The fourth-order valence-corrected chi connectivity index (χ4v) is 4.54. The SMILES string of the molecule is CC(C)(C)OC(=O)C(CNC(=O)c1ccc(N2CCCC(Nc3ncccn3)C2)c(F)c1)NC(=O)OCc1ccccc1. The second kappa shape index (κ2) is 14.4. The molecule has 2 heterocycles. The molecule has 3 N–H and O–H groups in total. The van der Waals surface area contributed by atoms with Crippen molar-refractivity contribution in [3.63, 3.8) is 0 Å². The fourth-order valence-electron chi connectivity index (χ4n) is 4.54. The number of halogens is 1. The van der Waals surface area contributed by atoms with Crippen molar-refractivity contribution in [1.82, 2.24) is 20.6 Å². The average Bonchev–Trinajstić information content (AvgIpc) is 2.98. The van der Waals surface area contributed by atoms with E-state index in [9.17, 15) is 14.4 Å². The van der Waals surface area contributed by atoms with Gasteiger partial charge in [0, 0.05) is 43.6 Å². The number of nitrogens with zero attached hydrogens (tertiary/aromatic N) is 3. The molecule has 0 spiro atoms. The second-order valence-corrected chi connectivity index (χ2v) is 11.2. The number of amides is 2. The summed E-state index contributed by atoms with van der Waals surface area (Å²) >= 11 is 0. The maximum atomic E-state index is 15.2. The number of carbonyl (C=O) groups is 3. The zero-order valence-electron chi connectivity index (χ0n) is 24.5. The quantitative estimate of drug-likeness (QED) is 0.298. The Bertz CT molecular complexity index is 1390. The van der Waals surface area contributed by atoms with Crippen molar-refractivity contribution in [2.75, 3.05) is 29.9 Å². The van der Waals surface area contributed by atoms with Gasteiger partial charge in [-0.2, -0.15) is 0 Å². The van der Waals surface area contributed by atoms with Crippen LogP contribution < -0.4 is 20.9 Å². The molecule has 4 rings (SSSR count). The maximum absolute atomic E-state index is 15.2. The van der Waals surface area contributed by atoms with Crippen molar-refractivity contribution >= 4 is 29.6 Å². The maximum Gasteiger partial charge on any atom is 0.408 e. The summed E-state index contributed by atoms with van der Waals surface area (Å²) in [7, 11) is 0. The molecule has 2 atom stereocenters. The summed E-state index contributed by atoms with van der Waals surface area (Å²) in [6.07, 6.45) is 4.20. The van der Waals surface area contributed by atoms with Gasteiger partial charge in [0.2, 0.25) is 5.95 Å². The Kier molecular flexibility index (Phi) is 10.5. The van der Waals surface area contributed by atoms with Gasteiger partial charge >= 0.3 is 12.1 Å². The number of benzene rings is 2. The molecule has 0 aliphatic carbocycles. The lowest BCUT2D eigenvalue weighted by atomic mass is 10.0. The molecule has 2 aromatic carbocycles. The van der Waals surface area contributed by atoms with Gasteiger partial charge < -0.3 is 30.3 Å². The van der Waals surface area contributed by atoms with Gasteiger partial charge in [-0.25, -0.2) is 23.9 Å². The van der Waals surface area contributed by atoms with Crippen molar-refractivity contribution in [1.29, 1.82) is 0 Å². The summed E-state index contributed by atoms with van der Waals surface area (Å²) in [5.74, 6) is -1.39. The number of piperidine rings is 1. The van der Waals surface area contributed by atoms with Crippen molar-refractivity contribution in [3.8, 4) is 0 Å². The van der Waals surface area contributed by atoms with Crippen molar-refractivity contribution in [2.45, 2.75) is 57.9 Å². The predicted octanol–water partition coefficient (Wildman–Crippen LogP) is 4.06. The molecule has 1 fully saturated rings. The number of rotatable bonds is 10. The lowest BCUT2D eigenvalue weighted by Gasteiger charge is -2.35. The molecule has 0 radical (unpaired) electrons. The van der Waals surface area contributed by atoms with E-state index in [1.54, 1.807) is 57.4 Å². The zero-order valence-corrected chi connectivity index (χ0v) is 24.5. The molecule has 12 heteroatoms. The van der Waals surface area contributed by atoms with Crippen molar-refractivity contribution in [3.05, 3.63) is 83.9 Å². The summed E-state index contributed by atoms with van der Waals surface area (Å²) in [5, 5.41) is 8.33. The van der Waals surface area contributed by atoms with Gasteiger partial charge in [0.25, 0.3) is 5.91 Å². The van der Waals surface area contributed by atoms with Crippen LogP contribution in [0.15, 0.2) is 67.0 Å². The Morgan fingerprint density at radius 3 is 2.51 bits per heavy atom. The number of alkyl carbamates (subject to hydrolysis) is 1. The van der Waals surface area contributed by atoms with Gasteiger partial charge in [-0.15, -0.1) is 0 Å². The van der Waals surface area contributed by atoms with Gasteiger partial charge in [0.1, 0.15) is 24.1 Å². The largest absolute Gasteiger partial charge is 0.458 e. The highest BCUT2D eigenvalue weighted by atomic mass is 19.1. The topological polar surface area (TPSA) is 135 Å². The number of carbonyl (C=O) groups excluding carboxylic acids is 3. The molecule has 11 nitrogen and oxygen atoms in total. The summed E-state index contributed by atoms with van der Waals surface area (Å²) in [6, 6.07) is 13.8. The van der Waals surface area contributed by atoms with Crippen LogP contribution in [0.25, 0.3) is 0 Å². The van der Waals surface area contributed by atoms with Gasteiger partial charge in [-0.3, -0.25) is 4.79 Å². The minimum Gasteiger partial charge on any atom is -0.458 e. The molecule has 1 aliphatic rings. The number of nitrogens with one attached hydrogen (secondary N) is 3. The first-order valence-corrected chi connectivity index (χ1v) is 14.1. The third-order valence-electron chi connectivity index (χ3n) is 6.53. The highest BCUT2D eigenvalue weighted by molar-refractivity contribution is 5.95. The van der Waals surface area contributed by atoms with Gasteiger partial charge in [0.05, 0.1) is 5.69 Å². The Hall–Kier alpha value is -4.74. The molecule has 2 unspecified atom stereocenters. The van der Waals surface area contributed by atoms with E-state index < -0.39 is 35.4 Å². The van der Waals surface area contributed by atoms with Crippen LogP contribution in [-0.2, 0) is 20.9 Å². The number of aromatic nitrogens is 2. The Morgan fingerprint density at radius 1 is 1.07 bits per heavy atom. The van der Waals surface area contributed by atoms with Crippen LogP contribution in [0, 0.1) is 5.82 Å². The lowest BCUT2D eigenvalue weighted by Crippen LogP contribution is -2.50. The number of esters is 1. The summed E-state index contributed by atoms with van der Waals surface area (Å²) < 4.78 is 25.9. The van der Waals surface area contributed by atoms with Crippen LogP contribution in [0.2, 0.25) is 0 Å². The smallest absolute Gasteiger partial charge is 0.408 e. The van der Waals surface area contributed by atoms with E-state index in [0.717, 1.165) is 24.5 Å². The van der Waals surface area contributed by atoms with Crippen LogP contribution in [0.4, 0.5) is 20.8 Å². The molecule has 3 aromatic rings. The van der Waals surface area contributed by atoms with Gasteiger partial charge in [0.15, 0.2) is 0 Å². The molecule has 1 aromatic heterocycles. The van der Waals surface area contributed by atoms with E-state index in [-0.39, 0.29) is 24.8 Å². The van der Waals surface area contributed by atoms with Crippen LogP contribution in [-0.4, -0.2) is 65.3 Å². The Morgan fingerprint density at radius 2 is 1.81 bits per heavy atom. The zero-order chi connectivity index (χ0) is 30.8. The van der Waals surface area contributed by atoms with E-state index in [1.165, 1.54) is 6.07 Å². The average molecular weight is 593 g/mol. The van der Waals surface area contributed by atoms with E-state index in [2.05, 4.69) is 25.9 Å². The number of anilines is 2. The third-order valence-corrected chi connectivity index (χ3v) is 6.53. The third kappa shape index (κ3) is 9.66. The summed E-state index contributed by atoms with van der Waals surface area (Å²) in [6.45, 7) is 5.99. The van der Waals surface area contributed by atoms with E-state index in [4.69, 9.17) is 9.47 Å². The Balaban J connectivity index is 1.36. The van der Waals surface area contributed by atoms with E-state index >= 15 is 4.39 Å². The first kappa shape index (κ1) is 31.2. The molecule has 1 aliphatic heterocycles. The predicted molar refractivity (Wildman–Crippen MR) is 159 cm³/mol.